The predicted octanol–water partition coefficient (Wildman–Crippen LogP) is 2.53. The van der Waals surface area contributed by atoms with E-state index >= 15 is 0 Å². The van der Waals surface area contributed by atoms with Crippen LogP contribution in [0.25, 0.3) is 10.9 Å². The van der Waals surface area contributed by atoms with Gasteiger partial charge >= 0.3 is 0 Å². The molecule has 1 fully saturated rings. The fourth-order valence-corrected chi connectivity index (χ4v) is 2.46. The van der Waals surface area contributed by atoms with Crippen LogP contribution in [0.2, 0.25) is 0 Å². The number of hydrogen-bond donors (Lipinski definition) is 1. The molecule has 0 unspecified atom stereocenters. The minimum Gasteiger partial charge on any atom is -0.492 e. The Morgan fingerprint density at radius 1 is 1.47 bits per heavy atom. The molecule has 1 aromatic heterocycles. The molecule has 1 heterocycles. The Kier molecular flexibility index (Phi) is 2.69. The maximum atomic E-state index is 14.0. The molecule has 1 aromatic carbocycles. The van der Waals surface area contributed by atoms with Gasteiger partial charge in [-0.2, -0.15) is 0 Å². The maximum absolute atomic E-state index is 14.0. The van der Waals surface area contributed by atoms with Gasteiger partial charge in [0.25, 0.3) is 0 Å². The van der Waals surface area contributed by atoms with Crippen LogP contribution in [0.3, 0.4) is 0 Å². The molecular weight excluding hydrogens is 247 g/mol. The highest BCUT2D eigenvalue weighted by Crippen LogP contribution is 2.41. The molecule has 3 rings (SSSR count). The van der Waals surface area contributed by atoms with E-state index in [4.69, 9.17) is 4.74 Å². The number of methoxy groups -OCH3 is 1. The molecule has 1 aliphatic rings. The molecule has 0 amide bonds. The van der Waals surface area contributed by atoms with Crippen molar-refractivity contribution in [3.63, 3.8) is 0 Å². The highest BCUT2D eigenvalue weighted by atomic mass is 19.1. The summed E-state index contributed by atoms with van der Waals surface area (Å²) in [6.45, 7) is 0. The molecule has 100 valence electrons. The van der Waals surface area contributed by atoms with Gasteiger partial charge in [-0.15, -0.1) is 0 Å². The van der Waals surface area contributed by atoms with Crippen LogP contribution in [0, 0.1) is 5.82 Å². The highest BCUT2D eigenvalue weighted by Gasteiger charge is 2.27. The summed E-state index contributed by atoms with van der Waals surface area (Å²) >= 11 is 0. The van der Waals surface area contributed by atoms with Crippen molar-refractivity contribution in [3.8, 4) is 5.75 Å². The first-order valence-corrected chi connectivity index (χ1v) is 6.26. The molecule has 4 nitrogen and oxygen atoms in total. The van der Waals surface area contributed by atoms with Gasteiger partial charge in [0.05, 0.1) is 18.0 Å². The van der Waals surface area contributed by atoms with Gasteiger partial charge in [0.1, 0.15) is 5.69 Å². The summed E-state index contributed by atoms with van der Waals surface area (Å²) < 4.78 is 21.4. The van der Waals surface area contributed by atoms with E-state index in [-0.39, 0.29) is 11.1 Å². The summed E-state index contributed by atoms with van der Waals surface area (Å²) in [6.07, 6.45) is 3.92. The number of nitrogens with zero attached hydrogens (tertiary/aromatic N) is 1. The lowest BCUT2D eigenvalue weighted by atomic mass is 10.1. The van der Waals surface area contributed by atoms with Crippen LogP contribution >= 0.6 is 0 Å². The van der Waals surface area contributed by atoms with Crippen molar-refractivity contribution < 1.29 is 9.13 Å². The number of nitrogens with one attached hydrogen (secondary N) is 1. The number of anilines is 1. The Bertz CT molecular complexity index is 705. The Morgan fingerprint density at radius 2 is 2.21 bits per heavy atom. The van der Waals surface area contributed by atoms with Crippen LogP contribution < -0.4 is 15.5 Å². The number of pyridine rings is 1. The third-order valence-corrected chi connectivity index (χ3v) is 3.51. The fourth-order valence-electron chi connectivity index (χ4n) is 2.46. The van der Waals surface area contributed by atoms with Crippen molar-refractivity contribution in [1.82, 2.24) is 4.57 Å². The Labute approximate surface area is 109 Å². The number of fused-ring (bicyclic) bond motifs is 1. The maximum Gasteiger partial charge on any atom is 0.189 e. The second kappa shape index (κ2) is 4.26. The Morgan fingerprint density at radius 3 is 2.79 bits per heavy atom. The van der Waals surface area contributed by atoms with Crippen LogP contribution in [0.15, 0.2) is 23.1 Å². The third-order valence-electron chi connectivity index (χ3n) is 3.51. The van der Waals surface area contributed by atoms with Gasteiger partial charge in [-0.3, -0.25) is 4.79 Å². The number of ether oxygens (including phenoxy) is 1. The van der Waals surface area contributed by atoms with Gasteiger partial charge in [0, 0.05) is 25.4 Å². The van der Waals surface area contributed by atoms with E-state index in [1.165, 1.54) is 19.2 Å². The molecule has 1 aliphatic carbocycles. The molecule has 0 saturated heterocycles. The second-order valence-corrected chi connectivity index (χ2v) is 4.73. The number of halogens is 1. The first kappa shape index (κ1) is 12.0. The largest absolute Gasteiger partial charge is 0.492 e. The van der Waals surface area contributed by atoms with Gasteiger partial charge in [-0.05, 0) is 18.9 Å². The zero-order chi connectivity index (χ0) is 13.6. The molecule has 19 heavy (non-hydrogen) atoms. The van der Waals surface area contributed by atoms with Crippen LogP contribution in [0.4, 0.5) is 10.1 Å². The summed E-state index contributed by atoms with van der Waals surface area (Å²) in [4.78, 5) is 11.9. The van der Waals surface area contributed by atoms with E-state index < -0.39 is 5.82 Å². The number of aromatic nitrogens is 1. The van der Waals surface area contributed by atoms with Crippen LogP contribution in [0.5, 0.6) is 5.75 Å². The fraction of sp³-hybridized carbons (Fsp3) is 0.357. The molecule has 0 atom stereocenters. The second-order valence-electron chi connectivity index (χ2n) is 4.73. The standard InChI is InChI=1S/C14H15FN2O2/c1-16-12-10(15)7-9-11(18)5-6-17(8-3-4-8)13(9)14(12)19-2/h5-8,16H,3-4H2,1-2H3. The number of hydrogen-bond acceptors (Lipinski definition) is 3. The van der Waals surface area contributed by atoms with Crippen molar-refractivity contribution in [3.05, 3.63) is 34.4 Å². The smallest absolute Gasteiger partial charge is 0.189 e. The third kappa shape index (κ3) is 1.77. The van der Waals surface area contributed by atoms with Gasteiger partial charge in [-0.25, -0.2) is 4.39 Å². The lowest BCUT2D eigenvalue weighted by Crippen LogP contribution is -2.10. The van der Waals surface area contributed by atoms with E-state index in [0.29, 0.717) is 22.7 Å². The number of benzene rings is 1. The average Bonchev–Trinajstić information content (AvgIpc) is 3.22. The first-order chi connectivity index (χ1) is 9.17. The summed E-state index contributed by atoms with van der Waals surface area (Å²) in [5, 5.41) is 3.16. The van der Waals surface area contributed by atoms with Gasteiger partial charge in [-0.1, -0.05) is 0 Å². The number of rotatable bonds is 3. The van der Waals surface area contributed by atoms with E-state index in [0.717, 1.165) is 12.8 Å². The minimum atomic E-state index is -0.475. The van der Waals surface area contributed by atoms with Gasteiger partial charge in [0.15, 0.2) is 17.0 Å². The van der Waals surface area contributed by atoms with Crippen LogP contribution in [-0.4, -0.2) is 18.7 Å². The lowest BCUT2D eigenvalue weighted by Gasteiger charge is -2.16. The highest BCUT2D eigenvalue weighted by molar-refractivity contribution is 5.91. The topological polar surface area (TPSA) is 43.3 Å². The summed E-state index contributed by atoms with van der Waals surface area (Å²) in [5.74, 6) is -0.0837. The van der Waals surface area contributed by atoms with Crippen molar-refractivity contribution in [1.29, 1.82) is 0 Å². The first-order valence-electron chi connectivity index (χ1n) is 6.26. The predicted molar refractivity (Wildman–Crippen MR) is 72.5 cm³/mol. The molecule has 2 aromatic rings. The molecule has 1 N–H and O–H groups in total. The van der Waals surface area contributed by atoms with E-state index in [2.05, 4.69) is 5.32 Å². The minimum absolute atomic E-state index is 0.188. The zero-order valence-corrected chi connectivity index (χ0v) is 10.9. The van der Waals surface area contributed by atoms with Gasteiger partial charge < -0.3 is 14.6 Å². The monoisotopic (exact) mass is 262 g/mol. The quantitative estimate of drug-likeness (QED) is 0.924. The van der Waals surface area contributed by atoms with Crippen molar-refractivity contribution in [2.45, 2.75) is 18.9 Å². The molecule has 0 aliphatic heterocycles. The summed E-state index contributed by atoms with van der Waals surface area (Å²) in [7, 11) is 3.12. The molecule has 0 spiro atoms. The van der Waals surface area contributed by atoms with Crippen molar-refractivity contribution >= 4 is 16.6 Å². The molecule has 5 heteroatoms. The molecule has 1 saturated carbocycles. The average molecular weight is 262 g/mol. The van der Waals surface area contributed by atoms with Gasteiger partial charge in [0.2, 0.25) is 0 Å². The molecule has 0 radical (unpaired) electrons. The van der Waals surface area contributed by atoms with E-state index in [1.807, 2.05) is 4.57 Å². The summed E-state index contributed by atoms with van der Waals surface area (Å²) in [6, 6.07) is 3.15. The van der Waals surface area contributed by atoms with Crippen molar-refractivity contribution in [2.75, 3.05) is 19.5 Å². The normalized spacial score (nSPS) is 14.7. The summed E-state index contributed by atoms with van der Waals surface area (Å²) in [5.41, 5.74) is 0.769. The van der Waals surface area contributed by atoms with E-state index in [1.54, 1.807) is 13.2 Å². The molecular formula is C14H15FN2O2. The van der Waals surface area contributed by atoms with Crippen LogP contribution in [-0.2, 0) is 0 Å². The SMILES string of the molecule is CNc1c(F)cc2c(=O)ccn(C3CC3)c2c1OC. The Balaban J connectivity index is 2.47. The molecule has 0 bridgehead atoms. The zero-order valence-electron chi connectivity index (χ0n) is 10.9. The Hall–Kier alpha value is -2.04. The van der Waals surface area contributed by atoms with Crippen molar-refractivity contribution in [2.24, 2.45) is 0 Å². The van der Waals surface area contributed by atoms with Crippen LogP contribution in [0.1, 0.15) is 18.9 Å². The van der Waals surface area contributed by atoms with E-state index in [9.17, 15) is 9.18 Å². The lowest BCUT2D eigenvalue weighted by molar-refractivity contribution is 0.416.